The van der Waals surface area contributed by atoms with Crippen molar-refractivity contribution in [3.8, 4) is 11.8 Å². The molecular weight excluding hydrogens is 395 g/mol. The lowest BCUT2D eigenvalue weighted by Crippen LogP contribution is -2.08. The highest BCUT2D eigenvalue weighted by Crippen LogP contribution is 2.28. The van der Waals surface area contributed by atoms with Gasteiger partial charge in [-0.1, -0.05) is 72.4 Å². The van der Waals surface area contributed by atoms with Gasteiger partial charge in [0.2, 0.25) is 0 Å². The zero-order chi connectivity index (χ0) is 20.8. The van der Waals surface area contributed by atoms with Crippen LogP contribution in [0.25, 0.3) is 5.69 Å². The Morgan fingerprint density at radius 1 is 0.867 bits per heavy atom. The maximum absolute atomic E-state index is 13.5. The van der Waals surface area contributed by atoms with E-state index in [1.54, 1.807) is 12.1 Å². The van der Waals surface area contributed by atoms with Gasteiger partial charge in [-0.15, -0.1) is 10.2 Å². The number of hydrogen-bond donors (Lipinski definition) is 0. The van der Waals surface area contributed by atoms with Gasteiger partial charge in [-0.05, 0) is 41.8 Å². The molecule has 0 saturated carbocycles. The first-order chi connectivity index (χ1) is 14.7. The van der Waals surface area contributed by atoms with Gasteiger partial charge < -0.3 is 0 Å². The first-order valence-electron chi connectivity index (χ1n) is 9.57. The first-order valence-corrected chi connectivity index (χ1v) is 10.5. The van der Waals surface area contributed by atoms with Gasteiger partial charge in [0.05, 0.1) is 6.07 Å². The molecule has 148 valence electrons. The van der Waals surface area contributed by atoms with E-state index in [4.69, 9.17) is 0 Å². The van der Waals surface area contributed by atoms with Gasteiger partial charge >= 0.3 is 0 Å². The number of rotatable bonds is 7. The van der Waals surface area contributed by atoms with Crippen LogP contribution in [0.2, 0.25) is 0 Å². The summed E-state index contributed by atoms with van der Waals surface area (Å²) < 4.78 is 15.4. The largest absolute Gasteiger partial charge is 0.274 e. The molecule has 0 bridgehead atoms. The maximum Gasteiger partial charge on any atom is 0.197 e. The van der Waals surface area contributed by atoms with E-state index in [1.807, 2.05) is 65.2 Å². The van der Waals surface area contributed by atoms with Crippen molar-refractivity contribution < 1.29 is 4.39 Å². The summed E-state index contributed by atoms with van der Waals surface area (Å²) in [7, 11) is 0. The second-order valence-electron chi connectivity index (χ2n) is 6.80. The van der Waals surface area contributed by atoms with Crippen molar-refractivity contribution in [3.63, 3.8) is 0 Å². The Labute approximate surface area is 179 Å². The zero-order valence-corrected chi connectivity index (χ0v) is 17.0. The minimum Gasteiger partial charge on any atom is -0.274 e. The summed E-state index contributed by atoms with van der Waals surface area (Å²) in [5, 5.41) is 18.8. The minimum atomic E-state index is -0.319. The summed E-state index contributed by atoms with van der Waals surface area (Å²) >= 11 is 1.38. The quantitative estimate of drug-likeness (QED) is 0.389. The van der Waals surface area contributed by atoms with E-state index >= 15 is 0 Å². The van der Waals surface area contributed by atoms with Gasteiger partial charge in [0.1, 0.15) is 16.9 Å². The Hall–Kier alpha value is -3.43. The normalized spacial score (nSPS) is 11.7. The van der Waals surface area contributed by atoms with Gasteiger partial charge in [-0.3, -0.25) is 4.57 Å². The topological polar surface area (TPSA) is 54.5 Å². The summed E-state index contributed by atoms with van der Waals surface area (Å²) in [5.74, 6) is 0.441. The van der Waals surface area contributed by atoms with E-state index in [1.165, 1.54) is 23.9 Å². The second kappa shape index (κ2) is 9.38. The standard InChI is InChI=1S/C24H19FN4S/c25-20-11-13-21(14-12-20)29-23(16-19-9-5-2-6-10-19)27-28-24(29)30-22(17-26)15-18-7-3-1-4-8-18/h1-14,22H,15-16H2/t22-/m0/s1. The Kier molecular flexibility index (Phi) is 6.21. The SMILES string of the molecule is N#C[C@H](Cc1ccccc1)Sc1nnc(Cc2ccccc2)n1-c1ccc(F)cc1. The molecule has 0 aliphatic carbocycles. The summed E-state index contributed by atoms with van der Waals surface area (Å²) in [6.07, 6.45) is 1.19. The Bertz CT molecular complexity index is 1140. The molecule has 4 aromatic rings. The summed E-state index contributed by atoms with van der Waals surface area (Å²) in [4.78, 5) is 0. The molecule has 0 radical (unpaired) electrons. The Morgan fingerprint density at radius 2 is 1.50 bits per heavy atom. The van der Waals surface area contributed by atoms with Crippen molar-refractivity contribution in [3.05, 3.63) is 108 Å². The second-order valence-corrected chi connectivity index (χ2v) is 7.97. The van der Waals surface area contributed by atoms with Crippen LogP contribution in [-0.2, 0) is 12.8 Å². The number of nitriles is 1. The van der Waals surface area contributed by atoms with Crippen molar-refractivity contribution in [2.45, 2.75) is 23.2 Å². The molecule has 6 heteroatoms. The number of nitrogens with zero attached hydrogens (tertiary/aromatic N) is 4. The molecular formula is C24H19FN4S. The lowest BCUT2D eigenvalue weighted by Gasteiger charge is -2.13. The number of benzene rings is 3. The smallest absolute Gasteiger partial charge is 0.197 e. The van der Waals surface area contributed by atoms with Crippen LogP contribution in [0.5, 0.6) is 0 Å². The molecule has 0 amide bonds. The third-order valence-corrected chi connectivity index (χ3v) is 5.68. The van der Waals surface area contributed by atoms with Gasteiger partial charge in [0.15, 0.2) is 5.16 Å². The highest BCUT2D eigenvalue weighted by atomic mass is 32.2. The molecule has 1 aromatic heterocycles. The van der Waals surface area contributed by atoms with Gasteiger partial charge in [-0.2, -0.15) is 5.26 Å². The fourth-order valence-electron chi connectivity index (χ4n) is 3.19. The number of thioether (sulfide) groups is 1. The third-order valence-electron chi connectivity index (χ3n) is 4.65. The molecule has 1 heterocycles. The predicted molar refractivity (Wildman–Crippen MR) is 116 cm³/mol. The highest BCUT2D eigenvalue weighted by Gasteiger charge is 2.20. The van der Waals surface area contributed by atoms with Gasteiger partial charge in [0, 0.05) is 12.1 Å². The molecule has 0 spiro atoms. The molecule has 0 fully saturated rings. The van der Waals surface area contributed by atoms with Crippen molar-refractivity contribution in [1.29, 1.82) is 5.26 Å². The molecule has 0 aliphatic heterocycles. The lowest BCUT2D eigenvalue weighted by molar-refractivity contribution is 0.627. The van der Waals surface area contributed by atoms with Crippen LogP contribution in [0.4, 0.5) is 4.39 Å². The third kappa shape index (κ3) is 4.76. The zero-order valence-electron chi connectivity index (χ0n) is 16.1. The average molecular weight is 415 g/mol. The van der Waals surface area contributed by atoms with Crippen molar-refractivity contribution in [2.75, 3.05) is 0 Å². The van der Waals surface area contributed by atoms with Crippen LogP contribution in [0.15, 0.2) is 90.1 Å². The van der Waals surface area contributed by atoms with Crippen LogP contribution in [-0.4, -0.2) is 20.0 Å². The van der Waals surface area contributed by atoms with Crippen LogP contribution in [0.3, 0.4) is 0 Å². The maximum atomic E-state index is 13.5. The summed E-state index contributed by atoms with van der Waals surface area (Å²) in [6, 6.07) is 28.5. The summed E-state index contributed by atoms with van der Waals surface area (Å²) in [5.41, 5.74) is 2.96. The molecule has 1 atom stereocenters. The van der Waals surface area contributed by atoms with Crippen molar-refractivity contribution >= 4 is 11.8 Å². The molecule has 0 unspecified atom stereocenters. The highest BCUT2D eigenvalue weighted by molar-refractivity contribution is 8.00. The summed E-state index contributed by atoms with van der Waals surface area (Å²) in [6.45, 7) is 0. The van der Waals surface area contributed by atoms with E-state index in [-0.39, 0.29) is 11.1 Å². The molecule has 4 nitrogen and oxygen atoms in total. The van der Waals surface area contributed by atoms with Crippen LogP contribution in [0, 0.1) is 17.1 Å². The number of aromatic nitrogens is 3. The van der Waals surface area contributed by atoms with E-state index in [0.717, 1.165) is 22.6 Å². The van der Waals surface area contributed by atoms with E-state index in [2.05, 4.69) is 16.3 Å². The molecule has 4 rings (SSSR count). The fraction of sp³-hybridized carbons (Fsp3) is 0.125. The van der Waals surface area contributed by atoms with Crippen molar-refractivity contribution in [2.24, 2.45) is 0 Å². The Morgan fingerprint density at radius 3 is 2.13 bits per heavy atom. The molecule has 0 N–H and O–H groups in total. The van der Waals surface area contributed by atoms with E-state index in [0.29, 0.717) is 18.0 Å². The fourth-order valence-corrected chi connectivity index (χ4v) is 4.18. The van der Waals surface area contributed by atoms with Gasteiger partial charge in [-0.25, -0.2) is 4.39 Å². The first kappa shape index (κ1) is 19.9. The minimum absolute atomic E-state index is 0.301. The number of hydrogen-bond acceptors (Lipinski definition) is 4. The monoisotopic (exact) mass is 414 g/mol. The average Bonchev–Trinajstić information content (AvgIpc) is 3.17. The van der Waals surface area contributed by atoms with Crippen LogP contribution in [0.1, 0.15) is 17.0 Å². The van der Waals surface area contributed by atoms with Crippen LogP contribution >= 0.6 is 11.8 Å². The molecule has 30 heavy (non-hydrogen) atoms. The molecule has 3 aromatic carbocycles. The van der Waals surface area contributed by atoms with E-state index < -0.39 is 0 Å². The number of halogens is 1. The van der Waals surface area contributed by atoms with Crippen molar-refractivity contribution in [1.82, 2.24) is 14.8 Å². The van der Waals surface area contributed by atoms with Crippen LogP contribution < -0.4 is 0 Å². The van der Waals surface area contributed by atoms with Gasteiger partial charge in [0.25, 0.3) is 0 Å². The Balaban J connectivity index is 1.66. The predicted octanol–water partition coefficient (Wildman–Crippen LogP) is 5.22. The molecule has 0 saturated heterocycles. The lowest BCUT2D eigenvalue weighted by atomic mass is 10.1. The molecule has 0 aliphatic rings. The van der Waals surface area contributed by atoms with E-state index in [9.17, 15) is 9.65 Å².